The Morgan fingerprint density at radius 2 is 2.15 bits per heavy atom. The number of nitrogens with zero attached hydrogens (tertiary/aromatic N) is 2. The van der Waals surface area contributed by atoms with E-state index in [2.05, 4.69) is 29.0 Å². The second-order valence-electron chi connectivity index (χ2n) is 5.79. The number of carbonyl (C=O) groups is 1. The monoisotopic (exact) mass is 396 g/mol. The van der Waals surface area contributed by atoms with Crippen LogP contribution < -0.4 is 11.1 Å². The molecule has 144 valence electrons. The van der Waals surface area contributed by atoms with Gasteiger partial charge in [-0.15, -0.1) is 22.7 Å². The summed E-state index contributed by atoms with van der Waals surface area (Å²) < 4.78 is 5.57. The number of ether oxygens (including phenoxy) is 1. The third kappa shape index (κ3) is 6.68. The summed E-state index contributed by atoms with van der Waals surface area (Å²) in [6.45, 7) is 9.06. The zero-order valence-electron chi connectivity index (χ0n) is 15.5. The highest BCUT2D eigenvalue weighted by Crippen LogP contribution is 2.33. The molecule has 0 aliphatic rings. The Balaban J connectivity index is 1.65. The van der Waals surface area contributed by atoms with E-state index in [0.717, 1.165) is 35.1 Å². The summed E-state index contributed by atoms with van der Waals surface area (Å²) in [4.78, 5) is 20.9. The van der Waals surface area contributed by atoms with Crippen LogP contribution in [0.5, 0.6) is 0 Å². The van der Waals surface area contributed by atoms with Crippen molar-refractivity contribution in [2.24, 2.45) is 0 Å². The highest BCUT2D eigenvalue weighted by atomic mass is 32.1. The molecule has 0 atom stereocenters. The molecule has 1 amide bonds. The Bertz CT molecular complexity index is 654. The predicted octanol–water partition coefficient (Wildman–Crippen LogP) is 2.86. The summed E-state index contributed by atoms with van der Waals surface area (Å²) in [6, 6.07) is 4.02. The van der Waals surface area contributed by atoms with Gasteiger partial charge < -0.3 is 20.7 Å². The zero-order valence-corrected chi connectivity index (χ0v) is 17.1. The molecular weight excluding hydrogens is 368 g/mol. The lowest BCUT2D eigenvalue weighted by Crippen LogP contribution is -2.30. The fourth-order valence-electron chi connectivity index (χ4n) is 2.56. The molecule has 0 saturated carbocycles. The van der Waals surface area contributed by atoms with Crippen LogP contribution in [0.15, 0.2) is 17.5 Å². The topological polar surface area (TPSA) is 80.5 Å². The second kappa shape index (κ2) is 11.3. The number of anilines is 1. The van der Waals surface area contributed by atoms with Crippen LogP contribution >= 0.6 is 22.7 Å². The quantitative estimate of drug-likeness (QED) is 0.539. The van der Waals surface area contributed by atoms with Crippen molar-refractivity contribution >= 4 is 33.7 Å². The Morgan fingerprint density at radius 3 is 2.85 bits per heavy atom. The van der Waals surface area contributed by atoms with Gasteiger partial charge in [-0.25, -0.2) is 4.98 Å². The number of nitrogens with two attached hydrogens (primary N) is 1. The molecule has 2 rings (SSSR count). The lowest BCUT2D eigenvalue weighted by atomic mass is 10.2. The summed E-state index contributed by atoms with van der Waals surface area (Å²) in [5.41, 5.74) is 6.76. The van der Waals surface area contributed by atoms with Crippen LogP contribution in [0.2, 0.25) is 0 Å². The summed E-state index contributed by atoms with van der Waals surface area (Å²) in [5, 5.41) is 5.47. The van der Waals surface area contributed by atoms with Crippen molar-refractivity contribution < 1.29 is 9.53 Å². The molecule has 2 heterocycles. The highest BCUT2D eigenvalue weighted by molar-refractivity contribution is 7.17. The van der Waals surface area contributed by atoms with E-state index in [4.69, 9.17) is 10.5 Å². The number of thiazole rings is 1. The normalized spacial score (nSPS) is 11.2. The van der Waals surface area contributed by atoms with Gasteiger partial charge in [0.1, 0.15) is 0 Å². The molecule has 3 N–H and O–H groups in total. The maximum absolute atomic E-state index is 12.0. The Hall–Kier alpha value is -1.48. The average molecular weight is 397 g/mol. The van der Waals surface area contributed by atoms with Crippen LogP contribution in [-0.4, -0.2) is 55.2 Å². The van der Waals surface area contributed by atoms with Crippen LogP contribution in [0, 0.1) is 0 Å². The van der Waals surface area contributed by atoms with Crippen molar-refractivity contribution in [3.05, 3.63) is 22.4 Å². The molecule has 0 bridgehead atoms. The van der Waals surface area contributed by atoms with Gasteiger partial charge in [-0.1, -0.05) is 19.9 Å². The van der Waals surface area contributed by atoms with Gasteiger partial charge in [0.25, 0.3) is 0 Å². The average Bonchev–Trinajstić information content (AvgIpc) is 3.28. The third-order valence-electron chi connectivity index (χ3n) is 4.06. The number of amides is 1. The van der Waals surface area contributed by atoms with E-state index < -0.39 is 0 Å². The first-order valence-electron chi connectivity index (χ1n) is 8.99. The summed E-state index contributed by atoms with van der Waals surface area (Å²) >= 11 is 3.09. The molecule has 2 aromatic rings. The highest BCUT2D eigenvalue weighted by Gasteiger charge is 2.14. The molecular formula is C18H28N4O2S2. The van der Waals surface area contributed by atoms with Gasteiger partial charge in [0.2, 0.25) is 5.91 Å². The molecule has 0 fully saturated rings. The molecule has 0 spiro atoms. The third-order valence-corrected chi connectivity index (χ3v) is 5.88. The van der Waals surface area contributed by atoms with Crippen molar-refractivity contribution in [3.8, 4) is 10.6 Å². The molecule has 0 unspecified atom stereocenters. The van der Waals surface area contributed by atoms with E-state index in [1.54, 1.807) is 11.3 Å². The van der Waals surface area contributed by atoms with E-state index in [1.165, 1.54) is 11.3 Å². The number of hydrogen-bond donors (Lipinski definition) is 2. The number of thiophene rings is 1. The van der Waals surface area contributed by atoms with Crippen LogP contribution in [0.25, 0.3) is 10.6 Å². The van der Waals surface area contributed by atoms with Gasteiger partial charge in [0.15, 0.2) is 5.13 Å². The second-order valence-corrected chi connectivity index (χ2v) is 7.85. The predicted molar refractivity (Wildman–Crippen MR) is 110 cm³/mol. The van der Waals surface area contributed by atoms with E-state index in [9.17, 15) is 4.79 Å². The number of nitrogen functional groups attached to an aromatic ring is 1. The molecule has 0 saturated heterocycles. The van der Waals surface area contributed by atoms with E-state index >= 15 is 0 Å². The van der Waals surface area contributed by atoms with Crippen molar-refractivity contribution in [1.29, 1.82) is 0 Å². The smallest absolute Gasteiger partial charge is 0.220 e. The molecule has 0 radical (unpaired) electrons. The first-order valence-corrected chi connectivity index (χ1v) is 10.7. The van der Waals surface area contributed by atoms with Crippen LogP contribution in [0.3, 0.4) is 0 Å². The fraction of sp³-hybridized carbons (Fsp3) is 0.556. The molecule has 6 nitrogen and oxygen atoms in total. The molecule has 0 aliphatic carbocycles. The maximum atomic E-state index is 12.0. The minimum atomic E-state index is 0.0291. The number of nitrogens with one attached hydrogen (secondary N) is 1. The summed E-state index contributed by atoms with van der Waals surface area (Å²) in [5.74, 6) is 0.0291. The van der Waals surface area contributed by atoms with Gasteiger partial charge in [-0.05, 0) is 31.0 Å². The van der Waals surface area contributed by atoms with Gasteiger partial charge in [0.05, 0.1) is 23.8 Å². The van der Waals surface area contributed by atoms with Crippen LogP contribution in [0.1, 0.15) is 25.1 Å². The van der Waals surface area contributed by atoms with Crippen molar-refractivity contribution in [3.63, 3.8) is 0 Å². The summed E-state index contributed by atoms with van der Waals surface area (Å²) in [7, 11) is 0. The van der Waals surface area contributed by atoms with Crippen LogP contribution in [0.4, 0.5) is 5.13 Å². The van der Waals surface area contributed by atoms with Gasteiger partial charge in [0, 0.05) is 24.4 Å². The van der Waals surface area contributed by atoms with Gasteiger partial charge in [-0.2, -0.15) is 0 Å². The molecule has 0 aliphatic heterocycles. The van der Waals surface area contributed by atoms with E-state index in [1.807, 2.05) is 17.5 Å². The minimum Gasteiger partial charge on any atom is -0.378 e. The SMILES string of the molecule is CCN(CC)CCOCCNC(=O)CCc1sc(N)nc1-c1cccs1. The lowest BCUT2D eigenvalue weighted by molar-refractivity contribution is -0.121. The Kier molecular flexibility index (Phi) is 9.04. The number of aromatic nitrogens is 1. The number of aryl methyl sites for hydroxylation is 1. The van der Waals surface area contributed by atoms with Gasteiger partial charge >= 0.3 is 0 Å². The molecule has 8 heteroatoms. The van der Waals surface area contributed by atoms with E-state index in [0.29, 0.717) is 37.7 Å². The largest absolute Gasteiger partial charge is 0.378 e. The standard InChI is InChI=1S/C18H28N4O2S2/c1-3-22(4-2)10-12-24-11-9-20-16(23)8-7-15-17(21-18(19)26-15)14-6-5-13-25-14/h5-6,13H,3-4,7-12H2,1-2H3,(H2,19,21)(H,20,23). The van der Waals surface area contributed by atoms with Crippen LogP contribution in [-0.2, 0) is 16.0 Å². The van der Waals surface area contributed by atoms with Gasteiger partial charge in [-0.3, -0.25) is 4.79 Å². The number of rotatable bonds is 12. The number of hydrogen-bond acceptors (Lipinski definition) is 7. The molecule has 0 aromatic carbocycles. The summed E-state index contributed by atoms with van der Waals surface area (Å²) in [6.07, 6.45) is 1.08. The molecule has 26 heavy (non-hydrogen) atoms. The fourth-order valence-corrected chi connectivity index (χ4v) is 4.21. The van der Waals surface area contributed by atoms with E-state index in [-0.39, 0.29) is 5.91 Å². The molecule has 2 aromatic heterocycles. The maximum Gasteiger partial charge on any atom is 0.220 e. The van der Waals surface area contributed by atoms with Crippen molar-refractivity contribution in [1.82, 2.24) is 15.2 Å². The number of carbonyl (C=O) groups excluding carboxylic acids is 1. The Labute approximate surface area is 163 Å². The van der Waals surface area contributed by atoms with Crippen molar-refractivity contribution in [2.75, 3.05) is 45.1 Å². The minimum absolute atomic E-state index is 0.0291. The zero-order chi connectivity index (χ0) is 18.8. The Morgan fingerprint density at radius 1 is 1.35 bits per heavy atom. The van der Waals surface area contributed by atoms with Crippen molar-refractivity contribution in [2.45, 2.75) is 26.7 Å². The number of likely N-dealkylation sites (N-methyl/N-ethyl adjacent to an activating group) is 1. The lowest BCUT2D eigenvalue weighted by Gasteiger charge is -2.17. The first kappa shape index (κ1) is 20.8. The first-order chi connectivity index (χ1) is 12.6.